The van der Waals surface area contributed by atoms with Gasteiger partial charge in [-0.25, -0.2) is 14.8 Å². The molecule has 2 aromatic heterocycles. The second-order valence-corrected chi connectivity index (χ2v) is 8.04. The van der Waals surface area contributed by atoms with Crippen LogP contribution in [-0.2, 0) is 0 Å². The molecule has 1 aromatic carbocycles. The summed E-state index contributed by atoms with van der Waals surface area (Å²) in [5.41, 5.74) is 4.54. The van der Waals surface area contributed by atoms with Gasteiger partial charge in [0.1, 0.15) is 5.75 Å². The number of aromatic carboxylic acids is 1. The number of phenols is 1. The molecular formula is C23H25N3O3. The smallest absolute Gasteiger partial charge is 0.336 e. The highest BCUT2D eigenvalue weighted by atomic mass is 16.4. The highest BCUT2D eigenvalue weighted by Crippen LogP contribution is 2.34. The number of phenolic OH excluding ortho intramolecular Hbond substituents is 1. The van der Waals surface area contributed by atoms with Crippen LogP contribution in [0.5, 0.6) is 5.75 Å². The lowest BCUT2D eigenvalue weighted by Crippen LogP contribution is -2.31. The van der Waals surface area contributed by atoms with E-state index in [9.17, 15) is 15.0 Å². The van der Waals surface area contributed by atoms with Crippen LogP contribution in [0, 0.1) is 13.8 Å². The molecule has 1 unspecified atom stereocenters. The lowest BCUT2D eigenvalue weighted by atomic mass is 9.93. The minimum absolute atomic E-state index is 0.165. The third-order valence-electron chi connectivity index (χ3n) is 5.68. The lowest BCUT2D eigenvalue weighted by molar-refractivity contribution is 0.0698. The molecular weight excluding hydrogens is 366 g/mol. The molecule has 0 amide bonds. The first-order chi connectivity index (χ1) is 13.8. The average molecular weight is 391 g/mol. The summed E-state index contributed by atoms with van der Waals surface area (Å²) in [6.07, 6.45) is 2.05. The molecule has 1 atom stereocenters. The number of fused-ring (bicyclic) bond motifs is 1. The minimum atomic E-state index is -0.980. The number of likely N-dealkylation sites (tertiary alicyclic amines) is 1. The number of carbonyl (C=O) groups is 1. The van der Waals surface area contributed by atoms with Gasteiger partial charge in [0.25, 0.3) is 0 Å². The number of rotatable bonds is 3. The first-order valence-corrected chi connectivity index (χ1v) is 9.87. The molecule has 6 heteroatoms. The van der Waals surface area contributed by atoms with E-state index >= 15 is 0 Å². The van der Waals surface area contributed by atoms with Crippen molar-refractivity contribution in [2.75, 3.05) is 20.1 Å². The van der Waals surface area contributed by atoms with Gasteiger partial charge >= 0.3 is 5.97 Å². The van der Waals surface area contributed by atoms with Crippen molar-refractivity contribution in [3.05, 3.63) is 52.7 Å². The predicted octanol–water partition coefficient (Wildman–Crippen LogP) is 4.13. The van der Waals surface area contributed by atoms with Crippen LogP contribution in [0.3, 0.4) is 0 Å². The quantitative estimate of drug-likeness (QED) is 0.698. The molecule has 1 aliphatic heterocycles. The van der Waals surface area contributed by atoms with Gasteiger partial charge in [-0.05, 0) is 75.7 Å². The monoisotopic (exact) mass is 391 g/mol. The Morgan fingerprint density at radius 1 is 1.17 bits per heavy atom. The van der Waals surface area contributed by atoms with Crippen molar-refractivity contribution in [1.29, 1.82) is 0 Å². The van der Waals surface area contributed by atoms with Gasteiger partial charge in [0.2, 0.25) is 0 Å². The number of carboxylic acids is 1. The molecule has 0 saturated carbocycles. The molecule has 6 nitrogen and oxygen atoms in total. The van der Waals surface area contributed by atoms with Crippen LogP contribution in [0.1, 0.15) is 45.9 Å². The fourth-order valence-corrected chi connectivity index (χ4v) is 4.34. The molecule has 0 radical (unpaired) electrons. The summed E-state index contributed by atoms with van der Waals surface area (Å²) < 4.78 is 0. The highest BCUT2D eigenvalue weighted by molar-refractivity contribution is 6.02. The zero-order chi connectivity index (χ0) is 20.7. The van der Waals surface area contributed by atoms with Gasteiger partial charge in [0.05, 0.1) is 11.3 Å². The summed E-state index contributed by atoms with van der Waals surface area (Å²) in [7, 11) is 2.07. The van der Waals surface area contributed by atoms with E-state index in [4.69, 9.17) is 4.98 Å². The second kappa shape index (κ2) is 7.44. The van der Waals surface area contributed by atoms with E-state index in [0.29, 0.717) is 22.3 Å². The Hall–Kier alpha value is -2.99. The summed E-state index contributed by atoms with van der Waals surface area (Å²) >= 11 is 0. The summed E-state index contributed by atoms with van der Waals surface area (Å²) in [5.74, 6) is -0.624. The number of likely N-dealkylation sites (N-methyl/N-ethyl adjacent to an activating group) is 1. The van der Waals surface area contributed by atoms with Gasteiger partial charge in [0, 0.05) is 29.1 Å². The largest absolute Gasteiger partial charge is 0.507 e. The number of pyridine rings is 2. The molecule has 1 fully saturated rings. The SMILES string of the molecule is Cc1cc(C)c(-c2ccc3c(C(=O)O)cc(C4CCCN(C)C4)nc3n2)c(O)c1. The molecule has 29 heavy (non-hydrogen) atoms. The molecule has 0 bridgehead atoms. The zero-order valence-electron chi connectivity index (χ0n) is 16.9. The first-order valence-electron chi connectivity index (χ1n) is 9.87. The molecule has 2 N–H and O–H groups in total. The standard InChI is InChI=1S/C23H25N3O3/c1-13-9-14(2)21(20(27)10-13)18-7-6-16-17(23(28)29)11-19(25-22(16)24-18)15-5-4-8-26(3)12-15/h6-7,9-11,15,27H,4-5,8,12H2,1-3H3,(H,28,29). The van der Waals surface area contributed by atoms with Crippen LogP contribution >= 0.6 is 0 Å². The van der Waals surface area contributed by atoms with Crippen molar-refractivity contribution in [2.24, 2.45) is 0 Å². The molecule has 0 spiro atoms. The summed E-state index contributed by atoms with van der Waals surface area (Å²) in [6, 6.07) is 8.89. The molecule has 1 aliphatic rings. The topological polar surface area (TPSA) is 86.5 Å². The Morgan fingerprint density at radius 2 is 1.97 bits per heavy atom. The van der Waals surface area contributed by atoms with E-state index in [1.54, 1.807) is 24.3 Å². The Labute approximate surface area is 169 Å². The number of aromatic hydroxyl groups is 1. The maximum absolute atomic E-state index is 11.9. The number of carboxylic acid groups (broad SMARTS) is 1. The van der Waals surface area contributed by atoms with Gasteiger partial charge in [-0.15, -0.1) is 0 Å². The first kappa shape index (κ1) is 19.3. The molecule has 3 heterocycles. The number of benzene rings is 1. The summed E-state index contributed by atoms with van der Waals surface area (Å²) in [6.45, 7) is 5.76. The molecule has 3 aromatic rings. The van der Waals surface area contributed by atoms with E-state index in [1.807, 2.05) is 19.9 Å². The highest BCUT2D eigenvalue weighted by Gasteiger charge is 2.23. The predicted molar refractivity (Wildman–Crippen MR) is 113 cm³/mol. The second-order valence-electron chi connectivity index (χ2n) is 8.04. The van der Waals surface area contributed by atoms with Crippen molar-refractivity contribution in [3.8, 4) is 17.0 Å². The van der Waals surface area contributed by atoms with Crippen LogP contribution in [0.2, 0.25) is 0 Å². The Kier molecular flexibility index (Phi) is 4.96. The Bertz CT molecular complexity index is 1090. The fraction of sp³-hybridized carbons (Fsp3) is 0.348. The van der Waals surface area contributed by atoms with E-state index in [-0.39, 0.29) is 17.2 Å². The molecule has 4 rings (SSSR count). The Morgan fingerprint density at radius 3 is 2.66 bits per heavy atom. The number of nitrogens with zero attached hydrogens (tertiary/aromatic N) is 3. The van der Waals surface area contributed by atoms with Crippen molar-refractivity contribution in [1.82, 2.24) is 14.9 Å². The maximum Gasteiger partial charge on any atom is 0.336 e. The van der Waals surface area contributed by atoms with E-state index in [1.165, 1.54) is 0 Å². The van der Waals surface area contributed by atoms with Crippen molar-refractivity contribution in [2.45, 2.75) is 32.6 Å². The zero-order valence-corrected chi connectivity index (χ0v) is 16.9. The van der Waals surface area contributed by atoms with Gasteiger partial charge in [-0.2, -0.15) is 0 Å². The van der Waals surface area contributed by atoms with Crippen molar-refractivity contribution in [3.63, 3.8) is 0 Å². The van der Waals surface area contributed by atoms with E-state index in [0.717, 1.165) is 42.8 Å². The van der Waals surface area contributed by atoms with Crippen LogP contribution in [0.15, 0.2) is 30.3 Å². The van der Waals surface area contributed by atoms with Crippen LogP contribution < -0.4 is 0 Å². The summed E-state index contributed by atoms with van der Waals surface area (Å²) in [4.78, 5) is 23.6. The van der Waals surface area contributed by atoms with Crippen LogP contribution in [0.25, 0.3) is 22.3 Å². The molecule has 0 aliphatic carbocycles. The summed E-state index contributed by atoms with van der Waals surface area (Å²) in [5, 5.41) is 20.7. The number of aryl methyl sites for hydroxylation is 2. The van der Waals surface area contributed by atoms with E-state index in [2.05, 4.69) is 16.9 Å². The minimum Gasteiger partial charge on any atom is -0.507 e. The van der Waals surface area contributed by atoms with Gasteiger partial charge in [-0.3, -0.25) is 0 Å². The van der Waals surface area contributed by atoms with Gasteiger partial charge in [0.15, 0.2) is 5.65 Å². The average Bonchev–Trinajstić information content (AvgIpc) is 2.66. The van der Waals surface area contributed by atoms with Crippen molar-refractivity contribution >= 4 is 17.0 Å². The van der Waals surface area contributed by atoms with Gasteiger partial charge in [-0.1, -0.05) is 6.07 Å². The third kappa shape index (κ3) is 3.68. The third-order valence-corrected chi connectivity index (χ3v) is 5.68. The van der Waals surface area contributed by atoms with Gasteiger partial charge < -0.3 is 15.1 Å². The Balaban J connectivity index is 1.88. The fourth-order valence-electron chi connectivity index (χ4n) is 4.34. The lowest BCUT2D eigenvalue weighted by Gasteiger charge is -2.29. The van der Waals surface area contributed by atoms with E-state index < -0.39 is 5.97 Å². The number of piperidine rings is 1. The number of hydrogen-bond donors (Lipinski definition) is 2. The normalized spacial score (nSPS) is 17.6. The van der Waals surface area contributed by atoms with Crippen LogP contribution in [-0.4, -0.2) is 51.2 Å². The molecule has 150 valence electrons. The van der Waals surface area contributed by atoms with Crippen LogP contribution in [0.4, 0.5) is 0 Å². The molecule has 1 saturated heterocycles. The number of hydrogen-bond acceptors (Lipinski definition) is 5. The van der Waals surface area contributed by atoms with Crippen molar-refractivity contribution < 1.29 is 15.0 Å². The maximum atomic E-state index is 11.9. The number of aromatic nitrogens is 2.